The van der Waals surface area contributed by atoms with Gasteiger partial charge in [-0.1, -0.05) is 33.3 Å². The molecule has 2 rings (SSSR count). The molecule has 0 aromatic rings. The molecule has 0 aromatic carbocycles. The summed E-state index contributed by atoms with van der Waals surface area (Å²) in [6, 6.07) is 0. The summed E-state index contributed by atoms with van der Waals surface area (Å²) in [7, 11) is 0. The number of rotatable bonds is 0. The molecule has 1 heteroatoms. The second-order valence-corrected chi connectivity index (χ2v) is 6.54. The Kier molecular flexibility index (Phi) is 2.50. The van der Waals surface area contributed by atoms with Crippen molar-refractivity contribution in [2.24, 2.45) is 16.7 Å². The van der Waals surface area contributed by atoms with Gasteiger partial charge >= 0.3 is 0 Å². The first-order valence-electron chi connectivity index (χ1n) is 6.23. The van der Waals surface area contributed by atoms with Crippen LogP contribution in [0.4, 0.5) is 0 Å². The van der Waals surface area contributed by atoms with E-state index in [-0.39, 0.29) is 6.10 Å². The predicted octanol–water partition coefficient (Wildman–Crippen LogP) is 3.53. The lowest BCUT2D eigenvalue weighted by Gasteiger charge is -2.53. The van der Waals surface area contributed by atoms with Crippen molar-refractivity contribution in [3.63, 3.8) is 0 Å². The largest absolute Gasteiger partial charge is 0.389 e. The summed E-state index contributed by atoms with van der Waals surface area (Å²) in [5.74, 6) is 0.650. The normalized spacial score (nSPS) is 44.5. The highest BCUT2D eigenvalue weighted by molar-refractivity contribution is 5.20. The highest BCUT2D eigenvalue weighted by Crippen LogP contribution is 2.56. The molecule has 0 aliphatic heterocycles. The van der Waals surface area contributed by atoms with Gasteiger partial charge in [-0.3, -0.25) is 0 Å². The van der Waals surface area contributed by atoms with E-state index in [0.29, 0.717) is 16.7 Å². The molecule has 0 amide bonds. The van der Waals surface area contributed by atoms with E-state index in [0.717, 1.165) is 6.42 Å². The van der Waals surface area contributed by atoms with E-state index in [2.05, 4.69) is 33.8 Å². The van der Waals surface area contributed by atoms with Crippen LogP contribution in [0.1, 0.15) is 53.4 Å². The maximum absolute atomic E-state index is 9.99. The minimum absolute atomic E-state index is 0.194. The maximum atomic E-state index is 9.99. The molecule has 2 aliphatic rings. The summed E-state index contributed by atoms with van der Waals surface area (Å²) in [6.45, 7) is 9.20. The molecule has 0 bridgehead atoms. The molecule has 1 fully saturated rings. The monoisotopic (exact) mass is 208 g/mol. The SMILES string of the molecule is CC1=C[C@@]2(C)CCCC(C)(C)[C@@H]2C[C@@H]1O. The molecule has 86 valence electrons. The first kappa shape index (κ1) is 11.2. The second kappa shape index (κ2) is 3.35. The Morgan fingerprint density at radius 3 is 2.60 bits per heavy atom. The first-order valence-corrected chi connectivity index (χ1v) is 6.23. The Morgan fingerprint density at radius 1 is 1.27 bits per heavy atom. The van der Waals surface area contributed by atoms with Gasteiger partial charge in [-0.15, -0.1) is 0 Å². The van der Waals surface area contributed by atoms with Crippen LogP contribution in [0.5, 0.6) is 0 Å². The smallest absolute Gasteiger partial charge is 0.0750 e. The fourth-order valence-corrected chi connectivity index (χ4v) is 3.95. The van der Waals surface area contributed by atoms with Crippen molar-refractivity contribution in [1.29, 1.82) is 0 Å². The van der Waals surface area contributed by atoms with Crippen molar-refractivity contribution >= 4 is 0 Å². The molecule has 0 spiro atoms. The van der Waals surface area contributed by atoms with Gasteiger partial charge in [0, 0.05) is 0 Å². The molecular formula is C14H24O. The standard InChI is InChI=1S/C14H24O/c1-10-9-14(4)7-5-6-13(2,3)12(14)8-11(10)15/h9,11-12,15H,5-8H2,1-4H3/t11-,12-,14+/m0/s1. The maximum Gasteiger partial charge on any atom is 0.0750 e. The molecule has 15 heavy (non-hydrogen) atoms. The fourth-order valence-electron chi connectivity index (χ4n) is 3.95. The molecule has 2 aliphatic carbocycles. The molecule has 0 saturated heterocycles. The molecule has 0 unspecified atom stereocenters. The zero-order valence-corrected chi connectivity index (χ0v) is 10.5. The minimum Gasteiger partial charge on any atom is -0.389 e. The van der Waals surface area contributed by atoms with E-state index in [1.165, 1.54) is 24.8 Å². The van der Waals surface area contributed by atoms with Gasteiger partial charge in [0.2, 0.25) is 0 Å². The van der Waals surface area contributed by atoms with Gasteiger partial charge in [0.05, 0.1) is 6.10 Å². The van der Waals surface area contributed by atoms with Crippen LogP contribution in [0.2, 0.25) is 0 Å². The lowest BCUT2D eigenvalue weighted by atomic mass is 9.52. The van der Waals surface area contributed by atoms with Gasteiger partial charge < -0.3 is 5.11 Å². The van der Waals surface area contributed by atoms with Crippen molar-refractivity contribution in [1.82, 2.24) is 0 Å². The van der Waals surface area contributed by atoms with Crippen LogP contribution in [0.25, 0.3) is 0 Å². The van der Waals surface area contributed by atoms with E-state index < -0.39 is 0 Å². The van der Waals surface area contributed by atoms with Crippen LogP contribution >= 0.6 is 0 Å². The molecule has 0 aromatic heterocycles. The molecule has 1 N–H and O–H groups in total. The van der Waals surface area contributed by atoms with Crippen LogP contribution < -0.4 is 0 Å². The van der Waals surface area contributed by atoms with Crippen LogP contribution in [0.15, 0.2) is 11.6 Å². The Labute approximate surface area is 93.6 Å². The van der Waals surface area contributed by atoms with Gasteiger partial charge in [0.1, 0.15) is 0 Å². The topological polar surface area (TPSA) is 20.2 Å². The van der Waals surface area contributed by atoms with Crippen molar-refractivity contribution in [2.75, 3.05) is 0 Å². The predicted molar refractivity (Wildman–Crippen MR) is 63.6 cm³/mol. The van der Waals surface area contributed by atoms with E-state index in [1.54, 1.807) is 0 Å². The highest BCUT2D eigenvalue weighted by atomic mass is 16.3. The zero-order chi connectivity index (χ0) is 11.3. The third-order valence-corrected chi connectivity index (χ3v) is 4.82. The minimum atomic E-state index is -0.194. The summed E-state index contributed by atoms with van der Waals surface area (Å²) < 4.78 is 0. The van der Waals surface area contributed by atoms with Crippen LogP contribution in [-0.4, -0.2) is 11.2 Å². The van der Waals surface area contributed by atoms with E-state index in [4.69, 9.17) is 0 Å². The van der Waals surface area contributed by atoms with Crippen molar-refractivity contribution in [3.05, 3.63) is 11.6 Å². The van der Waals surface area contributed by atoms with Gasteiger partial charge in [-0.25, -0.2) is 0 Å². The van der Waals surface area contributed by atoms with Crippen LogP contribution in [0, 0.1) is 16.7 Å². The second-order valence-electron chi connectivity index (χ2n) is 6.54. The first-order chi connectivity index (χ1) is 6.85. The van der Waals surface area contributed by atoms with Gasteiger partial charge in [0.25, 0.3) is 0 Å². The Balaban J connectivity index is 2.37. The summed E-state index contributed by atoms with van der Waals surface area (Å²) in [5, 5.41) is 9.99. The molecule has 0 heterocycles. The molecule has 3 atom stereocenters. The van der Waals surface area contributed by atoms with Gasteiger partial charge in [-0.05, 0) is 48.5 Å². The molecule has 1 nitrogen and oxygen atoms in total. The van der Waals surface area contributed by atoms with Gasteiger partial charge in [-0.2, -0.15) is 0 Å². The number of hydrogen-bond acceptors (Lipinski definition) is 1. The van der Waals surface area contributed by atoms with E-state index >= 15 is 0 Å². The lowest BCUT2D eigenvalue weighted by Crippen LogP contribution is -2.45. The third kappa shape index (κ3) is 1.75. The number of hydrogen-bond donors (Lipinski definition) is 1. The molecule has 1 saturated carbocycles. The third-order valence-electron chi connectivity index (χ3n) is 4.82. The zero-order valence-electron chi connectivity index (χ0n) is 10.5. The van der Waals surface area contributed by atoms with Crippen LogP contribution in [-0.2, 0) is 0 Å². The number of aliphatic hydroxyl groups excluding tert-OH is 1. The quantitative estimate of drug-likeness (QED) is 0.604. The summed E-state index contributed by atoms with van der Waals surface area (Å²) in [6.07, 6.45) is 7.07. The fraction of sp³-hybridized carbons (Fsp3) is 0.857. The Morgan fingerprint density at radius 2 is 1.93 bits per heavy atom. The van der Waals surface area contributed by atoms with Gasteiger partial charge in [0.15, 0.2) is 0 Å². The Hall–Kier alpha value is -0.300. The molecular weight excluding hydrogens is 184 g/mol. The van der Waals surface area contributed by atoms with E-state index in [9.17, 15) is 5.11 Å². The summed E-state index contributed by atoms with van der Waals surface area (Å²) in [4.78, 5) is 0. The van der Waals surface area contributed by atoms with Crippen molar-refractivity contribution < 1.29 is 5.11 Å². The average molecular weight is 208 g/mol. The summed E-state index contributed by atoms with van der Waals surface area (Å²) >= 11 is 0. The molecule has 0 radical (unpaired) electrons. The summed E-state index contributed by atoms with van der Waals surface area (Å²) in [5.41, 5.74) is 1.92. The van der Waals surface area contributed by atoms with Crippen molar-refractivity contribution in [3.8, 4) is 0 Å². The lowest BCUT2D eigenvalue weighted by molar-refractivity contribution is -0.0106. The number of allylic oxidation sites excluding steroid dienone is 1. The number of aliphatic hydroxyl groups is 1. The van der Waals surface area contributed by atoms with E-state index in [1.807, 2.05) is 0 Å². The van der Waals surface area contributed by atoms with Crippen LogP contribution in [0.3, 0.4) is 0 Å². The highest BCUT2D eigenvalue weighted by Gasteiger charge is 2.48. The van der Waals surface area contributed by atoms with Crippen molar-refractivity contribution in [2.45, 2.75) is 59.5 Å². The average Bonchev–Trinajstić information content (AvgIpc) is 2.09. The Bertz CT molecular complexity index is 290. The number of fused-ring (bicyclic) bond motifs is 1.